The number of anilines is 1. The van der Waals surface area contributed by atoms with Crippen molar-refractivity contribution in [3.05, 3.63) is 16.7 Å². The number of aliphatic hydroxyl groups is 1. The Morgan fingerprint density at radius 3 is 2.65 bits per heavy atom. The van der Waals surface area contributed by atoms with E-state index in [0.717, 1.165) is 0 Å². The number of H-pyrrole nitrogens is 1. The Labute approximate surface area is 145 Å². The number of nitrogens with one attached hydrogen (secondary N) is 1. The Kier molecular flexibility index (Phi) is 6.32. The molecule has 14 nitrogen and oxygen atoms in total. The van der Waals surface area contributed by atoms with E-state index in [9.17, 15) is 23.9 Å². The molecule has 1 unspecified atom stereocenters. The number of nitrogens with zero attached hydrogens (tertiary/aromatic N) is 3. The summed E-state index contributed by atoms with van der Waals surface area (Å²) in [5.74, 6) is -0.617. The van der Waals surface area contributed by atoms with Gasteiger partial charge in [0.1, 0.15) is 0 Å². The van der Waals surface area contributed by atoms with E-state index in [4.69, 9.17) is 15.5 Å². The van der Waals surface area contributed by atoms with Crippen molar-refractivity contribution in [1.29, 1.82) is 0 Å². The van der Waals surface area contributed by atoms with Gasteiger partial charge in [-0.1, -0.05) is 0 Å². The summed E-state index contributed by atoms with van der Waals surface area (Å²) in [6.45, 7) is -0.653. The Morgan fingerprint density at radius 2 is 2.04 bits per heavy atom. The average molecular weight is 413 g/mol. The van der Waals surface area contributed by atoms with Crippen molar-refractivity contribution in [3.63, 3.8) is 0 Å². The SMILES string of the molecule is Nc1nc2c(ncn2C[C@H](CO)CCOP(=O)(O)OP(=O)(O)O)c(=O)[nH]1. The highest BCUT2D eigenvalue weighted by molar-refractivity contribution is 7.60. The Morgan fingerprint density at radius 1 is 1.35 bits per heavy atom. The van der Waals surface area contributed by atoms with Gasteiger partial charge >= 0.3 is 15.6 Å². The van der Waals surface area contributed by atoms with Crippen LogP contribution in [0.5, 0.6) is 0 Å². The maximum Gasteiger partial charge on any atom is 0.481 e. The molecule has 0 bridgehead atoms. The van der Waals surface area contributed by atoms with Gasteiger partial charge in [0.2, 0.25) is 5.95 Å². The summed E-state index contributed by atoms with van der Waals surface area (Å²) >= 11 is 0. The number of hydrogen-bond donors (Lipinski definition) is 6. The number of nitrogen functional groups attached to an aromatic ring is 1. The number of rotatable bonds is 9. The summed E-state index contributed by atoms with van der Waals surface area (Å²) < 4.78 is 31.5. The van der Waals surface area contributed by atoms with Crippen molar-refractivity contribution in [2.45, 2.75) is 13.0 Å². The molecule has 0 saturated heterocycles. The van der Waals surface area contributed by atoms with Crippen molar-refractivity contribution in [2.75, 3.05) is 18.9 Å². The third-order valence-corrected chi connectivity index (χ3v) is 5.38. The number of aromatic nitrogens is 4. The quantitative estimate of drug-likeness (QED) is 0.270. The number of nitrogens with two attached hydrogens (primary N) is 1. The zero-order chi connectivity index (χ0) is 19.5. The maximum absolute atomic E-state index is 11.7. The first kappa shape index (κ1) is 20.7. The molecule has 2 aromatic rings. The highest BCUT2D eigenvalue weighted by Crippen LogP contribution is 2.57. The molecule has 2 rings (SSSR count). The molecule has 0 spiro atoms. The molecule has 7 N–H and O–H groups in total. The molecule has 146 valence electrons. The fraction of sp³-hybridized carbons (Fsp3) is 0.500. The topological polar surface area (TPSA) is 223 Å². The van der Waals surface area contributed by atoms with E-state index in [1.165, 1.54) is 10.9 Å². The molecular formula is C10H17N5O9P2. The van der Waals surface area contributed by atoms with E-state index in [1.54, 1.807) is 0 Å². The van der Waals surface area contributed by atoms with Crippen LogP contribution < -0.4 is 11.3 Å². The van der Waals surface area contributed by atoms with Crippen LogP contribution in [-0.2, 0) is 24.5 Å². The molecule has 26 heavy (non-hydrogen) atoms. The second kappa shape index (κ2) is 7.94. The molecular weight excluding hydrogens is 396 g/mol. The van der Waals surface area contributed by atoms with Gasteiger partial charge in [-0.25, -0.2) is 14.1 Å². The summed E-state index contributed by atoms with van der Waals surface area (Å²) in [6.07, 6.45) is 1.35. The lowest BCUT2D eigenvalue weighted by Gasteiger charge is -2.17. The van der Waals surface area contributed by atoms with Gasteiger partial charge in [-0.15, -0.1) is 0 Å². The van der Waals surface area contributed by atoms with Gasteiger partial charge < -0.3 is 30.1 Å². The molecule has 2 atom stereocenters. The molecule has 0 saturated carbocycles. The van der Waals surface area contributed by atoms with Crippen molar-refractivity contribution in [2.24, 2.45) is 5.92 Å². The maximum atomic E-state index is 11.7. The minimum atomic E-state index is -5.19. The van der Waals surface area contributed by atoms with Gasteiger partial charge in [-0.2, -0.15) is 9.29 Å². The molecule has 0 aromatic carbocycles. The molecule has 0 radical (unpaired) electrons. The molecule has 0 aliphatic heterocycles. The van der Waals surface area contributed by atoms with Crippen molar-refractivity contribution in [1.82, 2.24) is 19.5 Å². The average Bonchev–Trinajstić information content (AvgIpc) is 2.86. The van der Waals surface area contributed by atoms with E-state index in [2.05, 4.69) is 23.8 Å². The van der Waals surface area contributed by atoms with Crippen LogP contribution in [0.2, 0.25) is 0 Å². The van der Waals surface area contributed by atoms with Crippen molar-refractivity contribution < 1.29 is 37.8 Å². The van der Waals surface area contributed by atoms with Gasteiger partial charge in [-0.3, -0.25) is 14.3 Å². The predicted octanol–water partition coefficient (Wildman–Crippen LogP) is -1.07. The van der Waals surface area contributed by atoms with Crippen LogP contribution in [0, 0.1) is 5.92 Å². The Hall–Kier alpha value is -1.63. The van der Waals surface area contributed by atoms with Crippen LogP contribution in [-0.4, -0.2) is 52.5 Å². The number of aliphatic hydroxyl groups excluding tert-OH is 1. The number of imidazole rings is 1. The van der Waals surface area contributed by atoms with Crippen LogP contribution in [0.3, 0.4) is 0 Å². The van der Waals surface area contributed by atoms with Crippen LogP contribution in [0.15, 0.2) is 11.1 Å². The second-order valence-electron chi connectivity index (χ2n) is 5.23. The number of phosphoric ester groups is 1. The van der Waals surface area contributed by atoms with Gasteiger partial charge in [-0.05, 0) is 6.42 Å². The molecule has 16 heteroatoms. The minimum Gasteiger partial charge on any atom is -0.396 e. The number of phosphoric acid groups is 2. The van der Waals surface area contributed by atoms with E-state index < -0.39 is 33.7 Å². The van der Waals surface area contributed by atoms with Gasteiger partial charge in [0.05, 0.1) is 12.9 Å². The third-order valence-electron chi connectivity index (χ3n) is 3.20. The molecule has 2 aromatic heterocycles. The first-order chi connectivity index (χ1) is 12.0. The smallest absolute Gasteiger partial charge is 0.396 e. The summed E-state index contributed by atoms with van der Waals surface area (Å²) in [5.41, 5.74) is 5.21. The first-order valence-electron chi connectivity index (χ1n) is 7.06. The fourth-order valence-corrected chi connectivity index (χ4v) is 3.72. The lowest BCUT2D eigenvalue weighted by atomic mass is 10.1. The van der Waals surface area contributed by atoms with Crippen LogP contribution in [0.4, 0.5) is 5.95 Å². The normalized spacial score (nSPS) is 15.8. The zero-order valence-electron chi connectivity index (χ0n) is 13.1. The zero-order valence-corrected chi connectivity index (χ0v) is 14.9. The van der Waals surface area contributed by atoms with Gasteiger partial charge in [0.15, 0.2) is 11.2 Å². The molecule has 0 aliphatic carbocycles. The van der Waals surface area contributed by atoms with Gasteiger partial charge in [0.25, 0.3) is 5.56 Å². The Bertz CT molecular complexity index is 921. The minimum absolute atomic E-state index is 0.0317. The van der Waals surface area contributed by atoms with E-state index >= 15 is 0 Å². The molecule has 0 fully saturated rings. The van der Waals surface area contributed by atoms with E-state index in [1.807, 2.05) is 0 Å². The van der Waals surface area contributed by atoms with Crippen LogP contribution in [0.25, 0.3) is 11.2 Å². The third kappa shape index (κ3) is 5.69. The van der Waals surface area contributed by atoms with E-state index in [-0.39, 0.29) is 36.7 Å². The van der Waals surface area contributed by atoms with Gasteiger partial charge in [0, 0.05) is 19.1 Å². The summed E-state index contributed by atoms with van der Waals surface area (Å²) in [4.78, 5) is 48.1. The fourth-order valence-electron chi connectivity index (χ4n) is 2.12. The summed E-state index contributed by atoms with van der Waals surface area (Å²) in [6, 6.07) is 0. The number of aromatic amines is 1. The number of hydrogen-bond acceptors (Lipinski definition) is 9. The van der Waals surface area contributed by atoms with Crippen LogP contribution >= 0.6 is 15.6 Å². The van der Waals surface area contributed by atoms with Crippen LogP contribution in [0.1, 0.15) is 6.42 Å². The standard InChI is InChI=1S/C10H17N5O9P2/c11-10-13-8-7(9(17)14-10)12-5-15(8)3-6(4-16)1-2-23-26(21,22)24-25(18,19)20/h5-6,16H,1-4H2,(H,21,22)(H2,18,19,20)(H3,11,13,14,17)/t6-/m1/s1. The first-order valence-corrected chi connectivity index (χ1v) is 10.1. The second-order valence-corrected chi connectivity index (χ2v) is 8.06. The highest BCUT2D eigenvalue weighted by atomic mass is 31.3. The molecule has 2 heterocycles. The van der Waals surface area contributed by atoms with E-state index in [0.29, 0.717) is 0 Å². The van der Waals surface area contributed by atoms with Crippen molar-refractivity contribution >= 4 is 32.8 Å². The highest BCUT2D eigenvalue weighted by Gasteiger charge is 2.32. The number of fused-ring (bicyclic) bond motifs is 1. The molecule has 0 amide bonds. The molecule has 0 aliphatic rings. The summed E-state index contributed by atoms with van der Waals surface area (Å²) in [5, 5.41) is 9.43. The monoisotopic (exact) mass is 413 g/mol. The lowest BCUT2D eigenvalue weighted by molar-refractivity contribution is 0.146. The Balaban J connectivity index is 2.01. The lowest BCUT2D eigenvalue weighted by Crippen LogP contribution is -2.18. The van der Waals surface area contributed by atoms with Crippen molar-refractivity contribution in [3.8, 4) is 0 Å². The summed E-state index contributed by atoms with van der Waals surface area (Å²) in [7, 11) is -10.1. The largest absolute Gasteiger partial charge is 0.481 e. The predicted molar refractivity (Wildman–Crippen MR) is 86.7 cm³/mol.